The fourth-order valence-electron chi connectivity index (χ4n) is 0.811. The van der Waals surface area contributed by atoms with Gasteiger partial charge in [-0.3, -0.25) is 0 Å². The normalized spacial score (nSPS) is 16.2. The number of carboxylic acids is 3. The largest absolute Gasteiger partial charge is 0.479 e. The maximum atomic E-state index is 10.1. The van der Waals surface area contributed by atoms with Gasteiger partial charge in [-0.05, 0) is 0 Å². The van der Waals surface area contributed by atoms with Crippen LogP contribution >= 0.6 is 0 Å². The third-order valence-corrected chi connectivity index (χ3v) is 1.88. The van der Waals surface area contributed by atoms with Crippen LogP contribution in [-0.2, 0) is 14.4 Å². The van der Waals surface area contributed by atoms with Gasteiger partial charge in [0, 0.05) is 12.2 Å². The summed E-state index contributed by atoms with van der Waals surface area (Å²) in [5.74, 6) is -4.24. The van der Waals surface area contributed by atoms with Crippen LogP contribution in [-0.4, -0.2) is 89.8 Å². The average molecular weight is 312 g/mol. The van der Waals surface area contributed by atoms with E-state index >= 15 is 0 Å². The smallest absolute Gasteiger partial charge is 0.335 e. The zero-order valence-corrected chi connectivity index (χ0v) is 10.5. The topological polar surface area (TPSA) is 213 Å². The Morgan fingerprint density at radius 1 is 0.810 bits per heavy atom. The van der Waals surface area contributed by atoms with Gasteiger partial charge in [0.2, 0.25) is 0 Å². The van der Waals surface area contributed by atoms with Gasteiger partial charge in [-0.15, -0.1) is 0 Å². The monoisotopic (exact) mass is 312 g/mol. The molecule has 0 bridgehead atoms. The summed E-state index contributed by atoms with van der Waals surface area (Å²) in [5.41, 5.74) is 0. The first kappa shape index (κ1) is 21.3. The molecule has 0 heterocycles. The summed E-state index contributed by atoms with van der Waals surface area (Å²) in [6.45, 7) is -0.843. The molecule has 0 rings (SSSR count). The molecule has 0 spiro atoms. The number of carbonyl (C=O) groups is 3. The number of aliphatic carboxylic acids is 3. The van der Waals surface area contributed by atoms with E-state index in [0.29, 0.717) is 12.2 Å². The van der Waals surface area contributed by atoms with E-state index in [1.54, 1.807) is 0 Å². The molecule has 0 aliphatic rings. The van der Waals surface area contributed by atoms with Crippen LogP contribution in [0.3, 0.4) is 0 Å². The van der Waals surface area contributed by atoms with Gasteiger partial charge in [0.1, 0.15) is 18.3 Å². The van der Waals surface area contributed by atoms with Crippen LogP contribution in [0, 0.1) is 0 Å². The van der Waals surface area contributed by atoms with Crippen molar-refractivity contribution < 1.29 is 55.2 Å². The quantitative estimate of drug-likeness (QED) is 0.213. The summed E-state index contributed by atoms with van der Waals surface area (Å²) in [5, 5.41) is 67.4. The number of hydrogen-bond acceptors (Lipinski definition) is 8. The summed E-state index contributed by atoms with van der Waals surface area (Å²) >= 11 is 0. The second kappa shape index (κ2) is 10.7. The fraction of sp³-hybridized carbons (Fsp3) is 0.500. The molecule has 0 saturated heterocycles. The lowest BCUT2D eigenvalue weighted by Gasteiger charge is -2.23. The number of aliphatic hydroxyl groups excluding tert-OH is 5. The van der Waals surface area contributed by atoms with Crippen molar-refractivity contribution in [2.45, 2.75) is 24.4 Å². The molecular formula is C10H16O11. The SMILES string of the molecule is O=C(O)/C=C\C(=O)O.O=C(O)C(O)C(O)C(O)C(O)CO. The van der Waals surface area contributed by atoms with Gasteiger partial charge in [0.25, 0.3) is 0 Å². The van der Waals surface area contributed by atoms with E-state index in [2.05, 4.69) is 0 Å². The van der Waals surface area contributed by atoms with Crippen molar-refractivity contribution >= 4 is 17.9 Å². The first-order chi connectivity index (χ1) is 9.54. The van der Waals surface area contributed by atoms with Crippen LogP contribution in [0.2, 0.25) is 0 Å². The second-order valence-corrected chi connectivity index (χ2v) is 3.52. The van der Waals surface area contributed by atoms with E-state index in [4.69, 9.17) is 40.9 Å². The molecule has 0 fully saturated rings. The first-order valence-electron chi connectivity index (χ1n) is 5.24. The molecule has 0 aromatic rings. The summed E-state index contributed by atoms with van der Waals surface area (Å²) in [4.78, 5) is 29.2. The van der Waals surface area contributed by atoms with Crippen molar-refractivity contribution in [1.82, 2.24) is 0 Å². The molecule has 8 N–H and O–H groups in total. The van der Waals surface area contributed by atoms with Crippen LogP contribution < -0.4 is 0 Å². The minimum atomic E-state index is -2.20. The Morgan fingerprint density at radius 3 is 1.43 bits per heavy atom. The molecule has 122 valence electrons. The molecule has 11 heteroatoms. The van der Waals surface area contributed by atoms with Crippen LogP contribution in [0.1, 0.15) is 0 Å². The fourth-order valence-corrected chi connectivity index (χ4v) is 0.811. The van der Waals surface area contributed by atoms with Crippen molar-refractivity contribution in [3.63, 3.8) is 0 Å². The lowest BCUT2D eigenvalue weighted by atomic mass is 10.0. The zero-order valence-electron chi connectivity index (χ0n) is 10.5. The van der Waals surface area contributed by atoms with E-state index in [1.807, 2.05) is 0 Å². The Morgan fingerprint density at radius 2 is 1.19 bits per heavy atom. The maximum absolute atomic E-state index is 10.1. The molecule has 11 nitrogen and oxygen atoms in total. The summed E-state index contributed by atoms with van der Waals surface area (Å²) < 4.78 is 0. The van der Waals surface area contributed by atoms with E-state index in [-0.39, 0.29) is 0 Å². The van der Waals surface area contributed by atoms with Gasteiger partial charge in [0.15, 0.2) is 6.10 Å². The number of aliphatic hydroxyl groups is 5. The van der Waals surface area contributed by atoms with Gasteiger partial charge in [-0.2, -0.15) is 0 Å². The van der Waals surface area contributed by atoms with Crippen molar-refractivity contribution in [3.8, 4) is 0 Å². The molecular weight excluding hydrogens is 296 g/mol. The predicted molar refractivity (Wildman–Crippen MR) is 63.2 cm³/mol. The van der Waals surface area contributed by atoms with Crippen LogP contribution in [0.4, 0.5) is 0 Å². The molecule has 4 atom stereocenters. The van der Waals surface area contributed by atoms with E-state index in [9.17, 15) is 14.4 Å². The van der Waals surface area contributed by atoms with Crippen LogP contribution in [0.15, 0.2) is 12.2 Å². The van der Waals surface area contributed by atoms with E-state index < -0.39 is 48.9 Å². The van der Waals surface area contributed by atoms with Crippen molar-refractivity contribution in [2.75, 3.05) is 6.61 Å². The predicted octanol–water partition coefficient (Wildman–Crippen LogP) is -3.78. The maximum Gasteiger partial charge on any atom is 0.335 e. The highest BCUT2D eigenvalue weighted by Gasteiger charge is 2.33. The molecule has 0 saturated carbocycles. The molecule has 21 heavy (non-hydrogen) atoms. The average Bonchev–Trinajstić information content (AvgIpc) is 2.42. The summed E-state index contributed by atoms with van der Waals surface area (Å²) in [6, 6.07) is 0. The van der Waals surface area contributed by atoms with Crippen LogP contribution in [0.5, 0.6) is 0 Å². The molecule has 0 aromatic carbocycles. The molecule has 4 unspecified atom stereocenters. The molecule has 0 radical (unpaired) electrons. The summed E-state index contributed by atoms with van der Waals surface area (Å²) in [6.07, 6.45) is -6.72. The number of rotatable bonds is 7. The van der Waals surface area contributed by atoms with Gasteiger partial charge >= 0.3 is 17.9 Å². The molecule has 0 amide bonds. The van der Waals surface area contributed by atoms with Crippen molar-refractivity contribution in [1.29, 1.82) is 0 Å². The summed E-state index contributed by atoms with van der Waals surface area (Å²) in [7, 11) is 0. The lowest BCUT2D eigenvalue weighted by molar-refractivity contribution is -0.164. The Kier molecular flexibility index (Phi) is 10.8. The molecule has 0 aliphatic carbocycles. The van der Waals surface area contributed by atoms with Crippen molar-refractivity contribution in [2.24, 2.45) is 0 Å². The van der Waals surface area contributed by atoms with Gasteiger partial charge in [-0.25, -0.2) is 14.4 Å². The zero-order chi connectivity index (χ0) is 17.2. The lowest BCUT2D eigenvalue weighted by Crippen LogP contribution is -2.48. The van der Waals surface area contributed by atoms with Crippen molar-refractivity contribution in [3.05, 3.63) is 12.2 Å². The number of hydrogen-bond donors (Lipinski definition) is 8. The third kappa shape index (κ3) is 10.4. The van der Waals surface area contributed by atoms with E-state index in [1.165, 1.54) is 0 Å². The third-order valence-electron chi connectivity index (χ3n) is 1.88. The van der Waals surface area contributed by atoms with Gasteiger partial charge in [0.05, 0.1) is 6.61 Å². The minimum absolute atomic E-state index is 0.558. The highest BCUT2D eigenvalue weighted by Crippen LogP contribution is 2.04. The Bertz CT molecular complexity index is 361. The van der Waals surface area contributed by atoms with Gasteiger partial charge < -0.3 is 40.9 Å². The number of carboxylic acid groups (broad SMARTS) is 3. The van der Waals surface area contributed by atoms with Gasteiger partial charge in [-0.1, -0.05) is 0 Å². The Labute approximate surface area is 117 Å². The Balaban J connectivity index is 0. The highest BCUT2D eigenvalue weighted by atomic mass is 16.4. The highest BCUT2D eigenvalue weighted by molar-refractivity contribution is 5.89. The first-order valence-corrected chi connectivity index (χ1v) is 5.24. The second-order valence-electron chi connectivity index (χ2n) is 3.52. The van der Waals surface area contributed by atoms with E-state index in [0.717, 1.165) is 0 Å². The Hall–Kier alpha value is -2.05. The molecule has 0 aliphatic heterocycles. The molecule has 0 aromatic heterocycles. The standard InChI is InChI=1S/C6H12O7.C4H4O4/c7-1-2(8)3(9)4(10)5(11)6(12)13;5-3(6)1-2-4(7)8/h2-5,7-11H,1H2,(H,12,13);1-2H,(H,5,6)(H,7,8)/b;2-1-. The van der Waals surface area contributed by atoms with Crippen LogP contribution in [0.25, 0.3) is 0 Å². The minimum Gasteiger partial charge on any atom is -0.479 e.